The lowest BCUT2D eigenvalue weighted by molar-refractivity contribution is 0.0935. The van der Waals surface area contributed by atoms with Gasteiger partial charge in [-0.15, -0.1) is 0 Å². The van der Waals surface area contributed by atoms with E-state index in [0.29, 0.717) is 28.1 Å². The lowest BCUT2D eigenvalue weighted by Crippen LogP contribution is -2.28. The first-order valence-electron chi connectivity index (χ1n) is 8.63. The van der Waals surface area contributed by atoms with E-state index in [1.165, 1.54) is 0 Å². The molecule has 0 spiro atoms. The highest BCUT2D eigenvalue weighted by Gasteiger charge is 2.14. The molecule has 0 aliphatic rings. The van der Waals surface area contributed by atoms with Crippen LogP contribution in [0.3, 0.4) is 0 Å². The molecule has 140 valence electrons. The fourth-order valence-electron chi connectivity index (χ4n) is 2.64. The summed E-state index contributed by atoms with van der Waals surface area (Å²) in [5.41, 5.74) is 1.53. The summed E-state index contributed by atoms with van der Waals surface area (Å²) < 4.78 is 10.5. The van der Waals surface area contributed by atoms with Crippen molar-refractivity contribution in [3.05, 3.63) is 76.4 Å². The molecule has 0 bridgehead atoms. The maximum atomic E-state index is 12.5. The smallest absolute Gasteiger partial charge is 0.251 e. The third-order valence-corrected chi connectivity index (χ3v) is 4.25. The summed E-state index contributed by atoms with van der Waals surface area (Å²) in [4.78, 5) is 16.6. The average molecular weight is 386 g/mol. The first-order valence-corrected chi connectivity index (χ1v) is 9.01. The largest absolute Gasteiger partial charge is 0.485 e. The summed E-state index contributed by atoms with van der Waals surface area (Å²) in [6, 6.07) is 14.3. The second kappa shape index (κ2) is 8.68. The molecule has 0 saturated carbocycles. The van der Waals surface area contributed by atoms with E-state index < -0.39 is 0 Å². The van der Waals surface area contributed by atoms with E-state index in [-0.39, 0.29) is 18.6 Å². The summed E-state index contributed by atoms with van der Waals surface area (Å²) in [6.45, 7) is 3.94. The number of amides is 1. The molecule has 1 unspecified atom stereocenters. The third-order valence-electron chi connectivity index (χ3n) is 4.02. The van der Waals surface area contributed by atoms with E-state index >= 15 is 0 Å². The quantitative estimate of drug-likeness (QED) is 0.648. The second-order valence-electron chi connectivity index (χ2n) is 6.03. The number of carbonyl (C=O) groups is 1. The Labute approximate surface area is 162 Å². The van der Waals surface area contributed by atoms with Crippen molar-refractivity contribution in [3.63, 3.8) is 0 Å². The van der Waals surface area contributed by atoms with Crippen molar-refractivity contribution in [1.29, 1.82) is 0 Å². The molecule has 1 heterocycles. The van der Waals surface area contributed by atoms with Gasteiger partial charge in [0.25, 0.3) is 5.91 Å². The molecule has 0 radical (unpaired) electrons. The van der Waals surface area contributed by atoms with Gasteiger partial charge in [-0.05, 0) is 48.4 Å². The number of halogens is 1. The zero-order valence-electron chi connectivity index (χ0n) is 15.1. The van der Waals surface area contributed by atoms with Crippen LogP contribution in [0.1, 0.15) is 47.0 Å². The highest BCUT2D eigenvalue weighted by Crippen LogP contribution is 2.21. The van der Waals surface area contributed by atoms with Crippen molar-refractivity contribution in [2.24, 2.45) is 0 Å². The van der Waals surface area contributed by atoms with Gasteiger partial charge in [-0.1, -0.05) is 35.8 Å². The molecule has 0 aliphatic carbocycles. The number of hydrogen-bond donors (Lipinski definition) is 1. The minimum Gasteiger partial charge on any atom is -0.485 e. The van der Waals surface area contributed by atoms with Gasteiger partial charge in [0.2, 0.25) is 11.7 Å². The number of nitrogens with one attached hydrogen (secondary N) is 1. The van der Waals surface area contributed by atoms with Crippen LogP contribution < -0.4 is 10.1 Å². The number of carbonyl (C=O) groups excluding carboxylic acids is 1. The summed E-state index contributed by atoms with van der Waals surface area (Å²) in [5, 5.41) is 7.46. The van der Waals surface area contributed by atoms with E-state index in [0.717, 1.165) is 12.0 Å². The SMILES string of the molecule is CCC(NC(=O)c1ccc(OCc2noc(C)n2)cc1)c1cccc(Cl)c1. The molecule has 3 rings (SSSR count). The number of ether oxygens (including phenoxy) is 1. The topological polar surface area (TPSA) is 77.2 Å². The number of aromatic nitrogens is 2. The van der Waals surface area contributed by atoms with Crippen molar-refractivity contribution < 1.29 is 14.1 Å². The molecule has 1 amide bonds. The molecule has 3 aromatic rings. The van der Waals surface area contributed by atoms with Crippen molar-refractivity contribution in [2.75, 3.05) is 0 Å². The lowest BCUT2D eigenvalue weighted by atomic mass is 10.0. The Morgan fingerprint density at radius 3 is 2.67 bits per heavy atom. The molecule has 1 atom stereocenters. The van der Waals surface area contributed by atoms with Crippen molar-refractivity contribution >= 4 is 17.5 Å². The molecule has 1 aromatic heterocycles. The van der Waals surface area contributed by atoms with E-state index in [2.05, 4.69) is 15.5 Å². The summed E-state index contributed by atoms with van der Waals surface area (Å²) >= 11 is 6.05. The Kier molecular flexibility index (Phi) is 6.08. The van der Waals surface area contributed by atoms with Crippen molar-refractivity contribution in [3.8, 4) is 5.75 Å². The van der Waals surface area contributed by atoms with Crippen molar-refractivity contribution in [2.45, 2.75) is 32.9 Å². The monoisotopic (exact) mass is 385 g/mol. The molecule has 2 aromatic carbocycles. The summed E-state index contributed by atoms with van der Waals surface area (Å²) in [7, 11) is 0. The highest BCUT2D eigenvalue weighted by molar-refractivity contribution is 6.30. The van der Waals surface area contributed by atoms with Crippen LogP contribution >= 0.6 is 11.6 Å². The van der Waals surface area contributed by atoms with Crippen LogP contribution in [0, 0.1) is 6.92 Å². The molecule has 27 heavy (non-hydrogen) atoms. The van der Waals surface area contributed by atoms with Gasteiger partial charge in [0.1, 0.15) is 5.75 Å². The molecule has 0 fully saturated rings. The normalized spacial score (nSPS) is 11.8. The summed E-state index contributed by atoms with van der Waals surface area (Å²) in [6.07, 6.45) is 0.761. The number of hydrogen-bond acceptors (Lipinski definition) is 5. The molecule has 7 heteroatoms. The first-order chi connectivity index (χ1) is 13.0. The predicted molar refractivity (Wildman–Crippen MR) is 102 cm³/mol. The predicted octanol–water partition coefficient (Wildman–Crippen LogP) is 4.49. The van der Waals surface area contributed by atoms with Gasteiger partial charge < -0.3 is 14.6 Å². The Bertz CT molecular complexity index is 909. The minimum atomic E-state index is -0.151. The number of rotatable bonds is 7. The van der Waals surface area contributed by atoms with Gasteiger partial charge >= 0.3 is 0 Å². The van der Waals surface area contributed by atoms with Gasteiger partial charge in [0, 0.05) is 17.5 Å². The van der Waals surface area contributed by atoms with E-state index in [1.54, 1.807) is 31.2 Å². The molecular formula is C20H20ClN3O3. The van der Waals surface area contributed by atoms with Crippen LogP contribution in [0.4, 0.5) is 0 Å². The molecule has 0 aliphatic heterocycles. The van der Waals surface area contributed by atoms with Gasteiger partial charge in [-0.3, -0.25) is 4.79 Å². The maximum Gasteiger partial charge on any atom is 0.251 e. The van der Waals surface area contributed by atoms with Gasteiger partial charge in [0.15, 0.2) is 6.61 Å². The van der Waals surface area contributed by atoms with E-state index in [9.17, 15) is 4.79 Å². The first kappa shape index (κ1) is 18.9. The summed E-state index contributed by atoms with van der Waals surface area (Å²) in [5.74, 6) is 1.44. The molecule has 6 nitrogen and oxygen atoms in total. The van der Waals surface area contributed by atoms with Gasteiger partial charge in [0.05, 0.1) is 6.04 Å². The van der Waals surface area contributed by atoms with E-state index in [1.807, 2.05) is 31.2 Å². The Morgan fingerprint density at radius 1 is 1.26 bits per heavy atom. The Balaban J connectivity index is 1.61. The van der Waals surface area contributed by atoms with Crippen LogP contribution in [0.2, 0.25) is 5.02 Å². The zero-order chi connectivity index (χ0) is 19.2. The number of aryl methyl sites for hydroxylation is 1. The van der Waals surface area contributed by atoms with E-state index in [4.69, 9.17) is 20.9 Å². The maximum absolute atomic E-state index is 12.5. The van der Waals surface area contributed by atoms with Gasteiger partial charge in [-0.2, -0.15) is 4.98 Å². The fourth-order valence-corrected chi connectivity index (χ4v) is 2.84. The zero-order valence-corrected chi connectivity index (χ0v) is 15.9. The molecule has 1 N–H and O–H groups in total. The number of nitrogens with zero attached hydrogens (tertiary/aromatic N) is 2. The van der Waals surface area contributed by atoms with Crippen LogP contribution in [-0.4, -0.2) is 16.0 Å². The van der Waals surface area contributed by atoms with Crippen LogP contribution in [0.15, 0.2) is 53.1 Å². The molecule has 0 saturated heterocycles. The fraction of sp³-hybridized carbons (Fsp3) is 0.250. The average Bonchev–Trinajstić information content (AvgIpc) is 3.10. The number of benzene rings is 2. The van der Waals surface area contributed by atoms with Crippen LogP contribution in [0.5, 0.6) is 5.75 Å². The highest BCUT2D eigenvalue weighted by atomic mass is 35.5. The minimum absolute atomic E-state index is 0.103. The standard InChI is InChI=1S/C20H20ClN3O3/c1-3-18(15-5-4-6-16(21)11-15)23-20(25)14-7-9-17(10-8-14)26-12-19-22-13(2)27-24-19/h4-11,18H,3,12H2,1-2H3,(H,23,25). The van der Waals surface area contributed by atoms with Gasteiger partial charge in [-0.25, -0.2) is 0 Å². The third kappa shape index (κ3) is 5.08. The lowest BCUT2D eigenvalue weighted by Gasteiger charge is -2.18. The van der Waals surface area contributed by atoms with Crippen molar-refractivity contribution in [1.82, 2.24) is 15.5 Å². The molecular weight excluding hydrogens is 366 g/mol. The Hall–Kier alpha value is -2.86. The second-order valence-corrected chi connectivity index (χ2v) is 6.47. The van der Waals surface area contributed by atoms with Crippen LogP contribution in [0.25, 0.3) is 0 Å². The van der Waals surface area contributed by atoms with Crippen LogP contribution in [-0.2, 0) is 6.61 Å². The Morgan fingerprint density at radius 2 is 2.04 bits per heavy atom.